The summed E-state index contributed by atoms with van der Waals surface area (Å²) in [4.78, 5) is 39.6. The number of carbonyl (C=O) groups excluding carboxylic acids is 3. The van der Waals surface area contributed by atoms with Gasteiger partial charge >= 0.3 is 5.97 Å². The van der Waals surface area contributed by atoms with Crippen molar-refractivity contribution in [1.29, 1.82) is 0 Å². The molecule has 0 radical (unpaired) electrons. The lowest BCUT2D eigenvalue weighted by Crippen LogP contribution is -2.24. The van der Waals surface area contributed by atoms with Gasteiger partial charge in [-0.05, 0) is 36.6 Å². The van der Waals surface area contributed by atoms with Gasteiger partial charge in [0.25, 0.3) is 11.8 Å². The van der Waals surface area contributed by atoms with E-state index in [1.54, 1.807) is 24.4 Å². The van der Waals surface area contributed by atoms with Crippen molar-refractivity contribution in [1.82, 2.24) is 4.98 Å². The molecule has 1 aromatic carbocycles. The number of carbonyl (C=O) groups is 3. The molecule has 0 aliphatic rings. The largest absolute Gasteiger partial charge is 0.478 e. The first-order valence-corrected chi connectivity index (χ1v) is 10.1. The number of primary amides is 1. The lowest BCUT2D eigenvalue weighted by atomic mass is 10.2. The summed E-state index contributed by atoms with van der Waals surface area (Å²) in [6.07, 6.45) is 0. The zero-order valence-electron chi connectivity index (χ0n) is 15.5. The number of halogens is 2. The summed E-state index contributed by atoms with van der Waals surface area (Å²) in [7, 11) is 0. The van der Waals surface area contributed by atoms with Crippen molar-refractivity contribution in [2.75, 3.05) is 18.5 Å². The summed E-state index contributed by atoms with van der Waals surface area (Å²) in [6, 6.07) is 6.54. The Labute approximate surface area is 184 Å². The van der Waals surface area contributed by atoms with Crippen LogP contribution in [-0.2, 0) is 14.3 Å². The Balaban J connectivity index is 1.60. The average molecular weight is 468 g/mol. The summed E-state index contributed by atoms with van der Waals surface area (Å²) >= 11 is 13.5. The summed E-state index contributed by atoms with van der Waals surface area (Å²) in [5.41, 5.74) is 6.52. The Kier molecular flexibility index (Phi) is 6.76. The monoisotopic (exact) mass is 467 g/mol. The molecular formula is C19H15Cl2N3O5S. The van der Waals surface area contributed by atoms with Gasteiger partial charge in [-0.1, -0.05) is 23.2 Å². The van der Waals surface area contributed by atoms with Gasteiger partial charge in [-0.3, -0.25) is 9.59 Å². The number of amides is 2. The predicted octanol–water partition coefficient (Wildman–Crippen LogP) is 3.57. The number of anilines is 1. The number of aryl methyl sites for hydroxylation is 1. The number of hydrogen-bond acceptors (Lipinski definition) is 7. The van der Waals surface area contributed by atoms with E-state index in [0.29, 0.717) is 21.6 Å². The third-order valence-electron chi connectivity index (χ3n) is 3.86. The Morgan fingerprint density at radius 1 is 1.17 bits per heavy atom. The van der Waals surface area contributed by atoms with Gasteiger partial charge in [-0.15, -0.1) is 11.3 Å². The second-order valence-corrected chi connectivity index (χ2v) is 7.77. The minimum atomic E-state index is -0.793. The van der Waals surface area contributed by atoms with E-state index in [4.69, 9.17) is 38.4 Å². The third kappa shape index (κ3) is 4.99. The Morgan fingerprint density at radius 3 is 2.67 bits per heavy atom. The van der Waals surface area contributed by atoms with Crippen molar-refractivity contribution in [3.8, 4) is 5.75 Å². The number of fused-ring (bicyclic) bond motifs is 1. The quantitative estimate of drug-likeness (QED) is 0.512. The fourth-order valence-corrected chi connectivity index (χ4v) is 3.89. The average Bonchev–Trinajstić information content (AvgIpc) is 3.14. The van der Waals surface area contributed by atoms with E-state index in [9.17, 15) is 14.4 Å². The number of nitrogens with zero attached hydrogens (tertiary/aromatic N) is 1. The van der Waals surface area contributed by atoms with Crippen molar-refractivity contribution in [3.63, 3.8) is 0 Å². The SMILES string of the molecule is Cc1ccc2c(Cl)cc(Cl)c(OCC(=O)OCC(=O)Nc3sccc3C(N)=O)c2n1. The molecule has 0 saturated heterocycles. The van der Waals surface area contributed by atoms with E-state index in [1.807, 2.05) is 0 Å². The van der Waals surface area contributed by atoms with Crippen LogP contribution in [0.4, 0.5) is 5.00 Å². The molecule has 3 aromatic rings. The Morgan fingerprint density at radius 2 is 1.93 bits per heavy atom. The number of rotatable bonds is 7. The van der Waals surface area contributed by atoms with Gasteiger partial charge < -0.3 is 20.5 Å². The molecule has 30 heavy (non-hydrogen) atoms. The maximum Gasteiger partial charge on any atom is 0.344 e. The standard InChI is InChI=1S/C19H15Cl2N3O5S/c1-9-2-3-10-12(20)6-13(21)17(16(10)23-9)29-8-15(26)28-7-14(25)24-19-11(18(22)27)4-5-30-19/h2-6H,7-8H2,1H3,(H2,22,27)(H,24,25). The number of esters is 1. The van der Waals surface area contributed by atoms with Gasteiger partial charge in [-0.2, -0.15) is 0 Å². The minimum Gasteiger partial charge on any atom is -0.478 e. The fourth-order valence-electron chi connectivity index (χ4n) is 2.51. The molecule has 11 heteroatoms. The first-order valence-electron chi connectivity index (χ1n) is 8.47. The molecule has 0 aliphatic heterocycles. The highest BCUT2D eigenvalue weighted by atomic mass is 35.5. The minimum absolute atomic E-state index is 0.176. The van der Waals surface area contributed by atoms with Crippen LogP contribution >= 0.6 is 34.5 Å². The second kappa shape index (κ2) is 9.29. The highest BCUT2D eigenvalue weighted by Gasteiger charge is 2.17. The van der Waals surface area contributed by atoms with Crippen LogP contribution in [0.1, 0.15) is 16.1 Å². The molecule has 0 unspecified atom stereocenters. The second-order valence-electron chi connectivity index (χ2n) is 6.04. The molecule has 2 amide bonds. The zero-order chi connectivity index (χ0) is 21.8. The van der Waals surface area contributed by atoms with Crippen LogP contribution in [-0.4, -0.2) is 36.0 Å². The lowest BCUT2D eigenvalue weighted by Gasteiger charge is -2.12. The molecule has 156 valence electrons. The van der Waals surface area contributed by atoms with Gasteiger partial charge in [0.2, 0.25) is 0 Å². The number of nitrogens with one attached hydrogen (secondary N) is 1. The van der Waals surface area contributed by atoms with E-state index < -0.39 is 31.0 Å². The number of nitrogens with two attached hydrogens (primary N) is 1. The van der Waals surface area contributed by atoms with Gasteiger partial charge in [-0.25, -0.2) is 9.78 Å². The molecule has 0 spiro atoms. The summed E-state index contributed by atoms with van der Waals surface area (Å²) < 4.78 is 10.4. The zero-order valence-corrected chi connectivity index (χ0v) is 17.9. The Hall–Kier alpha value is -2.88. The van der Waals surface area contributed by atoms with Crippen molar-refractivity contribution in [3.05, 3.63) is 50.9 Å². The molecule has 0 atom stereocenters. The fraction of sp³-hybridized carbons (Fsp3) is 0.158. The number of pyridine rings is 1. The van der Waals surface area contributed by atoms with Gasteiger partial charge in [0.15, 0.2) is 19.0 Å². The van der Waals surface area contributed by atoms with Crippen LogP contribution in [0.25, 0.3) is 10.9 Å². The molecule has 2 heterocycles. The topological polar surface area (TPSA) is 121 Å². The van der Waals surface area contributed by atoms with E-state index in [0.717, 1.165) is 11.3 Å². The molecule has 3 N–H and O–H groups in total. The first kappa shape index (κ1) is 21.8. The van der Waals surface area contributed by atoms with Gasteiger partial charge in [0, 0.05) is 11.1 Å². The van der Waals surface area contributed by atoms with Crippen molar-refractivity contribution in [2.45, 2.75) is 6.92 Å². The lowest BCUT2D eigenvalue weighted by molar-refractivity contribution is -0.149. The van der Waals surface area contributed by atoms with Crippen LogP contribution in [0.2, 0.25) is 10.0 Å². The smallest absolute Gasteiger partial charge is 0.344 e. The van der Waals surface area contributed by atoms with E-state index in [1.165, 1.54) is 12.1 Å². The number of ether oxygens (including phenoxy) is 2. The first-order chi connectivity index (χ1) is 14.3. The highest BCUT2D eigenvalue weighted by Crippen LogP contribution is 2.37. The molecule has 3 rings (SSSR count). The summed E-state index contributed by atoms with van der Waals surface area (Å²) in [5.74, 6) is -1.91. The maximum atomic E-state index is 12.0. The molecule has 0 fully saturated rings. The van der Waals surface area contributed by atoms with Gasteiger partial charge in [0.1, 0.15) is 10.5 Å². The molecule has 2 aromatic heterocycles. The predicted molar refractivity (Wildman–Crippen MR) is 114 cm³/mol. The molecule has 0 bridgehead atoms. The maximum absolute atomic E-state index is 12.0. The van der Waals surface area contributed by atoms with Crippen LogP contribution in [0.3, 0.4) is 0 Å². The Bertz CT molecular complexity index is 1150. The number of hydrogen-bond donors (Lipinski definition) is 2. The van der Waals surface area contributed by atoms with Crippen LogP contribution < -0.4 is 15.8 Å². The molecule has 0 saturated carbocycles. The number of benzene rings is 1. The highest BCUT2D eigenvalue weighted by molar-refractivity contribution is 7.14. The summed E-state index contributed by atoms with van der Waals surface area (Å²) in [6.45, 7) is 0.734. The molecule has 8 nitrogen and oxygen atoms in total. The van der Waals surface area contributed by atoms with E-state index in [-0.39, 0.29) is 21.3 Å². The van der Waals surface area contributed by atoms with Crippen molar-refractivity contribution in [2.24, 2.45) is 5.73 Å². The number of thiophene rings is 1. The van der Waals surface area contributed by atoms with Crippen LogP contribution in [0.15, 0.2) is 29.6 Å². The van der Waals surface area contributed by atoms with Crippen molar-refractivity contribution < 1.29 is 23.9 Å². The van der Waals surface area contributed by atoms with E-state index in [2.05, 4.69) is 10.3 Å². The van der Waals surface area contributed by atoms with Crippen molar-refractivity contribution >= 4 is 68.2 Å². The summed E-state index contributed by atoms with van der Waals surface area (Å²) in [5, 5.41) is 5.55. The third-order valence-corrected chi connectivity index (χ3v) is 5.28. The molecule has 0 aliphatic carbocycles. The van der Waals surface area contributed by atoms with E-state index >= 15 is 0 Å². The normalized spacial score (nSPS) is 10.6. The van der Waals surface area contributed by atoms with Crippen LogP contribution in [0.5, 0.6) is 5.75 Å². The van der Waals surface area contributed by atoms with Gasteiger partial charge in [0.05, 0.1) is 15.6 Å². The number of aromatic nitrogens is 1. The molecular weight excluding hydrogens is 453 g/mol. The van der Waals surface area contributed by atoms with Crippen LogP contribution in [0, 0.1) is 6.92 Å².